The number of ether oxygens (including phenoxy) is 3. The Balaban J connectivity index is 1.64. The van der Waals surface area contributed by atoms with Gasteiger partial charge in [-0.3, -0.25) is 4.79 Å². The molecule has 1 aliphatic heterocycles. The zero-order chi connectivity index (χ0) is 17.6. The minimum atomic E-state index is -0.144. The fraction of sp³-hybridized carbons (Fsp3) is 0.350. The van der Waals surface area contributed by atoms with Crippen LogP contribution in [0.3, 0.4) is 0 Å². The van der Waals surface area contributed by atoms with Gasteiger partial charge in [-0.15, -0.1) is 0 Å². The summed E-state index contributed by atoms with van der Waals surface area (Å²) < 4.78 is 18.5. The van der Waals surface area contributed by atoms with Crippen molar-refractivity contribution in [3.63, 3.8) is 0 Å². The van der Waals surface area contributed by atoms with Gasteiger partial charge in [-0.1, -0.05) is 12.1 Å². The summed E-state index contributed by atoms with van der Waals surface area (Å²) in [4.78, 5) is 11.5. The molecule has 5 heteroatoms. The number of aromatic nitrogens is 1. The maximum Gasteiger partial charge on any atom is 0.191 e. The topological polar surface area (TPSA) is 49.7 Å². The molecule has 5 nitrogen and oxygen atoms in total. The second kappa shape index (κ2) is 8.14. The summed E-state index contributed by atoms with van der Waals surface area (Å²) in [6, 6.07) is 11.0. The molecular weight excluding hydrogens is 318 g/mol. The van der Waals surface area contributed by atoms with Gasteiger partial charge < -0.3 is 18.8 Å². The Morgan fingerprint density at radius 2 is 2.04 bits per heavy atom. The lowest BCUT2D eigenvalue weighted by Crippen LogP contribution is -2.14. The summed E-state index contributed by atoms with van der Waals surface area (Å²) in [5, 5.41) is 0. The first-order valence-electron chi connectivity index (χ1n) is 8.46. The molecule has 132 valence electrons. The summed E-state index contributed by atoms with van der Waals surface area (Å²) in [7, 11) is 0. The Bertz CT molecular complexity index is 777. The van der Waals surface area contributed by atoms with Gasteiger partial charge in [0.2, 0.25) is 0 Å². The zero-order valence-corrected chi connectivity index (χ0v) is 14.6. The molecule has 2 heterocycles. The van der Waals surface area contributed by atoms with E-state index in [1.54, 1.807) is 12.1 Å². The summed E-state index contributed by atoms with van der Waals surface area (Å²) in [5.74, 6) is 0.744. The van der Waals surface area contributed by atoms with Crippen molar-refractivity contribution < 1.29 is 14.2 Å². The molecule has 25 heavy (non-hydrogen) atoms. The lowest BCUT2D eigenvalue weighted by Gasteiger charge is -2.12. The van der Waals surface area contributed by atoms with E-state index >= 15 is 0 Å². The molecule has 1 aliphatic rings. The van der Waals surface area contributed by atoms with Gasteiger partial charge in [-0.2, -0.15) is 0 Å². The molecule has 0 amide bonds. The molecule has 2 aromatic rings. The van der Waals surface area contributed by atoms with E-state index in [0.717, 1.165) is 42.1 Å². The van der Waals surface area contributed by atoms with Crippen molar-refractivity contribution in [2.75, 3.05) is 13.4 Å². The average Bonchev–Trinajstić information content (AvgIpc) is 3.08. The largest absolute Gasteiger partial charge is 0.467 e. The van der Waals surface area contributed by atoms with Crippen LogP contribution in [0.25, 0.3) is 12.3 Å². The average molecular weight is 341 g/mol. The molecule has 0 bridgehead atoms. The number of aryl methyl sites for hydroxylation is 2. The molecule has 1 aromatic heterocycles. The monoisotopic (exact) mass is 341 g/mol. The van der Waals surface area contributed by atoms with Crippen LogP contribution in [0.5, 0.6) is 5.75 Å². The fourth-order valence-electron chi connectivity index (χ4n) is 2.83. The van der Waals surface area contributed by atoms with E-state index in [2.05, 4.69) is 0 Å². The summed E-state index contributed by atoms with van der Waals surface area (Å²) in [5.41, 5.74) is 2.84. The molecule has 0 aliphatic carbocycles. The van der Waals surface area contributed by atoms with Gasteiger partial charge in [-0.05, 0) is 44.0 Å². The molecule has 0 N–H and O–H groups in total. The van der Waals surface area contributed by atoms with Gasteiger partial charge in [0.25, 0.3) is 0 Å². The highest BCUT2D eigenvalue weighted by Gasteiger charge is 2.15. The Morgan fingerprint density at radius 1 is 1.24 bits per heavy atom. The minimum absolute atomic E-state index is 0.0290. The molecule has 0 spiro atoms. The van der Waals surface area contributed by atoms with E-state index in [1.165, 1.54) is 0 Å². The van der Waals surface area contributed by atoms with Gasteiger partial charge in [0.15, 0.2) is 18.5 Å². The van der Waals surface area contributed by atoms with E-state index in [-0.39, 0.29) is 18.5 Å². The van der Waals surface area contributed by atoms with E-state index in [0.29, 0.717) is 0 Å². The lowest BCUT2D eigenvalue weighted by molar-refractivity contribution is -0.149. The Kier molecular flexibility index (Phi) is 5.68. The predicted molar refractivity (Wildman–Crippen MR) is 97.4 cm³/mol. The number of rotatable bonds is 6. The summed E-state index contributed by atoms with van der Waals surface area (Å²) >= 11 is 0. The highest BCUT2D eigenvalue weighted by Crippen LogP contribution is 2.17. The Hall–Kier alpha value is -2.37. The highest BCUT2D eigenvalue weighted by atomic mass is 16.7. The van der Waals surface area contributed by atoms with Gasteiger partial charge in [0, 0.05) is 42.7 Å². The van der Waals surface area contributed by atoms with Crippen molar-refractivity contribution in [3.05, 3.63) is 63.6 Å². The first-order chi connectivity index (χ1) is 12.1. The minimum Gasteiger partial charge on any atom is -0.467 e. The normalized spacial score (nSPS) is 17.3. The van der Waals surface area contributed by atoms with E-state index in [9.17, 15) is 4.79 Å². The molecule has 1 atom stereocenters. The van der Waals surface area contributed by atoms with Crippen molar-refractivity contribution in [2.45, 2.75) is 33.0 Å². The van der Waals surface area contributed by atoms with Gasteiger partial charge in [0.05, 0.1) is 0 Å². The van der Waals surface area contributed by atoms with Crippen LogP contribution in [-0.4, -0.2) is 24.3 Å². The van der Waals surface area contributed by atoms with Gasteiger partial charge in [-0.25, -0.2) is 0 Å². The SMILES string of the molecule is Cc1cc(=O)cc(C)n1/C=C/c1cccc(OCOC2CCCO2)c1. The van der Waals surface area contributed by atoms with Crippen molar-refractivity contribution in [1.82, 2.24) is 4.57 Å². The van der Waals surface area contributed by atoms with Crippen LogP contribution in [-0.2, 0) is 9.47 Å². The smallest absolute Gasteiger partial charge is 0.191 e. The number of hydrogen-bond acceptors (Lipinski definition) is 4. The van der Waals surface area contributed by atoms with Crippen molar-refractivity contribution in [2.24, 2.45) is 0 Å². The number of nitrogens with zero attached hydrogens (tertiary/aromatic N) is 1. The first kappa shape index (κ1) is 17.5. The van der Waals surface area contributed by atoms with Crippen molar-refractivity contribution >= 4 is 12.3 Å². The third-order valence-corrected chi connectivity index (χ3v) is 4.10. The number of hydrogen-bond donors (Lipinski definition) is 0. The first-order valence-corrected chi connectivity index (χ1v) is 8.46. The zero-order valence-electron chi connectivity index (χ0n) is 14.6. The fourth-order valence-corrected chi connectivity index (χ4v) is 2.83. The molecular formula is C20H23NO4. The Labute approximate surface area is 147 Å². The van der Waals surface area contributed by atoms with E-state index in [1.807, 2.05) is 55.0 Å². The van der Waals surface area contributed by atoms with Crippen LogP contribution >= 0.6 is 0 Å². The van der Waals surface area contributed by atoms with Crippen LogP contribution in [0.4, 0.5) is 0 Å². The molecule has 1 aromatic carbocycles. The maximum atomic E-state index is 11.5. The summed E-state index contributed by atoms with van der Waals surface area (Å²) in [6.07, 6.45) is 5.75. The Morgan fingerprint density at radius 3 is 2.76 bits per heavy atom. The molecule has 3 rings (SSSR count). The predicted octanol–water partition coefficient (Wildman–Crippen LogP) is 3.58. The van der Waals surface area contributed by atoms with E-state index < -0.39 is 0 Å². The van der Waals surface area contributed by atoms with Gasteiger partial charge in [0.1, 0.15) is 5.75 Å². The molecule has 0 saturated carbocycles. The standard InChI is InChI=1S/C20H23NO4/c1-15-11-18(22)12-16(2)21(15)9-8-17-5-3-6-19(13-17)24-14-25-20-7-4-10-23-20/h3,5-6,8-9,11-13,20H,4,7,10,14H2,1-2H3/b9-8+. The van der Waals surface area contributed by atoms with Crippen LogP contribution < -0.4 is 10.2 Å². The lowest BCUT2D eigenvalue weighted by atomic mass is 10.2. The van der Waals surface area contributed by atoms with Crippen molar-refractivity contribution in [1.29, 1.82) is 0 Å². The summed E-state index contributed by atoms with van der Waals surface area (Å²) in [6.45, 7) is 4.77. The van der Waals surface area contributed by atoms with Gasteiger partial charge >= 0.3 is 0 Å². The van der Waals surface area contributed by atoms with Crippen LogP contribution in [0, 0.1) is 13.8 Å². The molecule has 1 saturated heterocycles. The van der Waals surface area contributed by atoms with Crippen LogP contribution in [0.2, 0.25) is 0 Å². The number of benzene rings is 1. The number of pyridine rings is 1. The maximum absolute atomic E-state index is 11.5. The highest BCUT2D eigenvalue weighted by molar-refractivity contribution is 5.62. The van der Waals surface area contributed by atoms with Crippen LogP contribution in [0.1, 0.15) is 29.8 Å². The van der Waals surface area contributed by atoms with Crippen LogP contribution in [0.15, 0.2) is 41.2 Å². The molecule has 1 fully saturated rings. The second-order valence-electron chi connectivity index (χ2n) is 6.10. The molecule has 0 radical (unpaired) electrons. The quantitative estimate of drug-likeness (QED) is 0.754. The third-order valence-electron chi connectivity index (χ3n) is 4.10. The third kappa shape index (κ3) is 4.81. The second-order valence-corrected chi connectivity index (χ2v) is 6.10. The van der Waals surface area contributed by atoms with Crippen molar-refractivity contribution in [3.8, 4) is 5.75 Å². The van der Waals surface area contributed by atoms with E-state index in [4.69, 9.17) is 14.2 Å². The molecule has 1 unspecified atom stereocenters.